The maximum Gasteiger partial charge on any atom is 0.227 e. The first-order chi connectivity index (χ1) is 8.60. The number of nitrogens with zero attached hydrogens (tertiary/aromatic N) is 2. The Morgan fingerprint density at radius 1 is 1.33 bits per heavy atom. The van der Waals surface area contributed by atoms with Gasteiger partial charge in [0.1, 0.15) is 11.6 Å². The van der Waals surface area contributed by atoms with E-state index in [2.05, 4.69) is 25.9 Å². The minimum absolute atomic E-state index is 0.352. The summed E-state index contributed by atoms with van der Waals surface area (Å²) in [6.45, 7) is 4.16. The number of halogens is 1. The molecule has 1 aromatic carbocycles. The summed E-state index contributed by atoms with van der Waals surface area (Å²) in [7, 11) is 0. The van der Waals surface area contributed by atoms with Gasteiger partial charge in [0.15, 0.2) is 0 Å². The van der Waals surface area contributed by atoms with Gasteiger partial charge in [-0.05, 0) is 37.6 Å². The van der Waals surface area contributed by atoms with Crippen LogP contribution in [-0.2, 0) is 6.54 Å². The molecule has 94 valence electrons. The highest BCUT2D eigenvalue weighted by Crippen LogP contribution is 2.28. The van der Waals surface area contributed by atoms with Gasteiger partial charge in [-0.15, -0.1) is 0 Å². The molecule has 0 unspecified atom stereocenters. The van der Waals surface area contributed by atoms with E-state index in [4.69, 9.17) is 10.5 Å². The SMILES string of the molecule is Cc1ncc(CN)c(Oc2ccc(Br)cc2C)n1. The van der Waals surface area contributed by atoms with Crippen molar-refractivity contribution in [2.24, 2.45) is 5.73 Å². The third-order valence-corrected chi connectivity index (χ3v) is 3.00. The summed E-state index contributed by atoms with van der Waals surface area (Å²) >= 11 is 3.42. The van der Waals surface area contributed by atoms with Crippen LogP contribution in [0.25, 0.3) is 0 Å². The van der Waals surface area contributed by atoms with E-state index < -0.39 is 0 Å². The van der Waals surface area contributed by atoms with Crippen LogP contribution >= 0.6 is 15.9 Å². The van der Waals surface area contributed by atoms with Gasteiger partial charge >= 0.3 is 0 Å². The summed E-state index contributed by atoms with van der Waals surface area (Å²) in [5.74, 6) is 1.96. The molecule has 0 atom stereocenters. The Kier molecular flexibility index (Phi) is 3.93. The van der Waals surface area contributed by atoms with Gasteiger partial charge in [0.2, 0.25) is 5.88 Å². The first kappa shape index (κ1) is 13.0. The molecule has 4 nitrogen and oxygen atoms in total. The summed E-state index contributed by atoms with van der Waals surface area (Å²) in [6.07, 6.45) is 1.70. The molecule has 2 aromatic rings. The number of hydrogen-bond acceptors (Lipinski definition) is 4. The van der Waals surface area contributed by atoms with Crippen LogP contribution in [0.4, 0.5) is 0 Å². The molecule has 1 aromatic heterocycles. The first-order valence-electron chi connectivity index (χ1n) is 5.56. The van der Waals surface area contributed by atoms with E-state index in [9.17, 15) is 0 Å². The fourth-order valence-corrected chi connectivity index (χ4v) is 2.01. The summed E-state index contributed by atoms with van der Waals surface area (Å²) in [6, 6.07) is 5.82. The third-order valence-electron chi connectivity index (χ3n) is 2.51. The van der Waals surface area contributed by atoms with E-state index in [0.717, 1.165) is 21.3 Å². The maximum atomic E-state index is 5.82. The minimum Gasteiger partial charge on any atom is -0.438 e. The molecule has 0 aliphatic heterocycles. The molecule has 0 aliphatic rings. The van der Waals surface area contributed by atoms with E-state index in [1.165, 1.54) is 0 Å². The van der Waals surface area contributed by atoms with E-state index in [1.807, 2.05) is 32.0 Å². The molecule has 0 amide bonds. The largest absolute Gasteiger partial charge is 0.438 e. The standard InChI is InChI=1S/C13H14BrN3O/c1-8-5-11(14)3-4-12(8)18-13-10(6-15)7-16-9(2)17-13/h3-5,7H,6,15H2,1-2H3. The molecule has 0 bridgehead atoms. The predicted molar refractivity (Wildman–Crippen MR) is 73.6 cm³/mol. The zero-order valence-corrected chi connectivity index (χ0v) is 11.9. The Bertz CT molecular complexity index is 572. The lowest BCUT2D eigenvalue weighted by atomic mass is 10.2. The summed E-state index contributed by atoms with van der Waals surface area (Å²) in [5, 5.41) is 0. The van der Waals surface area contributed by atoms with Crippen LogP contribution in [0, 0.1) is 13.8 Å². The summed E-state index contributed by atoms with van der Waals surface area (Å²) in [5.41, 5.74) is 7.47. The molecule has 2 N–H and O–H groups in total. The average Bonchev–Trinajstić information content (AvgIpc) is 2.33. The van der Waals surface area contributed by atoms with Crippen molar-refractivity contribution in [3.63, 3.8) is 0 Å². The van der Waals surface area contributed by atoms with Crippen molar-refractivity contribution in [2.75, 3.05) is 0 Å². The van der Waals surface area contributed by atoms with Crippen LogP contribution in [0.15, 0.2) is 28.9 Å². The molecule has 5 heteroatoms. The number of nitrogens with two attached hydrogens (primary N) is 1. The van der Waals surface area contributed by atoms with Gasteiger partial charge in [-0.2, -0.15) is 4.98 Å². The second-order valence-corrected chi connectivity index (χ2v) is 4.88. The Balaban J connectivity index is 2.36. The van der Waals surface area contributed by atoms with Crippen molar-refractivity contribution in [3.8, 4) is 11.6 Å². The van der Waals surface area contributed by atoms with Crippen LogP contribution in [0.5, 0.6) is 11.6 Å². The smallest absolute Gasteiger partial charge is 0.227 e. The monoisotopic (exact) mass is 307 g/mol. The topological polar surface area (TPSA) is 61.0 Å². The lowest BCUT2D eigenvalue weighted by molar-refractivity contribution is 0.449. The Hall–Kier alpha value is -1.46. The number of aromatic nitrogens is 2. The van der Waals surface area contributed by atoms with Crippen LogP contribution in [-0.4, -0.2) is 9.97 Å². The van der Waals surface area contributed by atoms with Gasteiger partial charge in [0.25, 0.3) is 0 Å². The molecule has 0 saturated carbocycles. The molecule has 0 spiro atoms. The molecule has 18 heavy (non-hydrogen) atoms. The second kappa shape index (κ2) is 5.46. The lowest BCUT2D eigenvalue weighted by Crippen LogP contribution is -2.04. The summed E-state index contributed by atoms with van der Waals surface area (Å²) in [4.78, 5) is 8.39. The van der Waals surface area contributed by atoms with Gasteiger partial charge in [-0.1, -0.05) is 15.9 Å². The number of rotatable bonds is 3. The van der Waals surface area contributed by atoms with Crippen LogP contribution in [0.2, 0.25) is 0 Å². The molecule has 0 aliphatic carbocycles. The second-order valence-electron chi connectivity index (χ2n) is 3.96. The minimum atomic E-state index is 0.352. The van der Waals surface area contributed by atoms with E-state index in [1.54, 1.807) is 6.20 Å². The van der Waals surface area contributed by atoms with Crippen molar-refractivity contribution >= 4 is 15.9 Å². The number of benzene rings is 1. The highest BCUT2D eigenvalue weighted by molar-refractivity contribution is 9.10. The van der Waals surface area contributed by atoms with Crippen LogP contribution in [0.3, 0.4) is 0 Å². The molecule has 2 rings (SSSR count). The van der Waals surface area contributed by atoms with Gasteiger partial charge in [0.05, 0.1) is 0 Å². The first-order valence-corrected chi connectivity index (χ1v) is 6.36. The van der Waals surface area contributed by atoms with Crippen molar-refractivity contribution < 1.29 is 4.74 Å². The zero-order chi connectivity index (χ0) is 13.1. The van der Waals surface area contributed by atoms with Gasteiger partial charge < -0.3 is 10.5 Å². The third kappa shape index (κ3) is 2.86. The average molecular weight is 308 g/mol. The van der Waals surface area contributed by atoms with Crippen molar-refractivity contribution in [1.82, 2.24) is 9.97 Å². The maximum absolute atomic E-state index is 5.82. The van der Waals surface area contributed by atoms with Crippen LogP contribution in [0.1, 0.15) is 17.0 Å². The molecule has 1 heterocycles. The molecular weight excluding hydrogens is 294 g/mol. The predicted octanol–water partition coefficient (Wildman–Crippen LogP) is 3.11. The number of ether oxygens (including phenoxy) is 1. The van der Waals surface area contributed by atoms with Crippen molar-refractivity contribution in [3.05, 3.63) is 45.8 Å². The number of aryl methyl sites for hydroxylation is 2. The van der Waals surface area contributed by atoms with Crippen molar-refractivity contribution in [2.45, 2.75) is 20.4 Å². The quantitative estimate of drug-likeness (QED) is 0.946. The van der Waals surface area contributed by atoms with Crippen LogP contribution < -0.4 is 10.5 Å². The Labute approximate surface area is 114 Å². The van der Waals surface area contributed by atoms with E-state index in [0.29, 0.717) is 18.2 Å². The fraction of sp³-hybridized carbons (Fsp3) is 0.231. The highest BCUT2D eigenvalue weighted by Gasteiger charge is 2.08. The normalized spacial score (nSPS) is 10.4. The fourth-order valence-electron chi connectivity index (χ4n) is 1.53. The van der Waals surface area contributed by atoms with E-state index >= 15 is 0 Å². The lowest BCUT2D eigenvalue weighted by Gasteiger charge is -2.11. The summed E-state index contributed by atoms with van der Waals surface area (Å²) < 4.78 is 6.83. The Morgan fingerprint density at radius 2 is 2.11 bits per heavy atom. The van der Waals surface area contributed by atoms with Crippen molar-refractivity contribution in [1.29, 1.82) is 0 Å². The van der Waals surface area contributed by atoms with Gasteiger partial charge in [0, 0.05) is 22.8 Å². The van der Waals surface area contributed by atoms with Gasteiger partial charge in [-0.3, -0.25) is 0 Å². The zero-order valence-electron chi connectivity index (χ0n) is 10.3. The van der Waals surface area contributed by atoms with E-state index in [-0.39, 0.29) is 0 Å². The molecule has 0 fully saturated rings. The number of hydrogen-bond donors (Lipinski definition) is 1. The van der Waals surface area contributed by atoms with Gasteiger partial charge in [-0.25, -0.2) is 4.98 Å². The molecule has 0 saturated heterocycles. The molecular formula is C13H14BrN3O. The molecule has 0 radical (unpaired) electrons. The highest BCUT2D eigenvalue weighted by atomic mass is 79.9. The Morgan fingerprint density at radius 3 is 2.78 bits per heavy atom.